The number of aliphatic carboxylic acids is 2. The molecule has 0 aromatic rings. The third-order valence-corrected chi connectivity index (χ3v) is 4.35. The highest BCUT2D eigenvalue weighted by molar-refractivity contribution is 5.77. The van der Waals surface area contributed by atoms with E-state index in [0.29, 0.717) is 5.92 Å². The second kappa shape index (κ2) is 10.0. The summed E-state index contributed by atoms with van der Waals surface area (Å²) in [5.74, 6) is -2.91. The Hall–Kier alpha value is -2.12. The lowest BCUT2D eigenvalue weighted by molar-refractivity contribution is -0.159. The maximum Gasteiger partial charge on any atom is 0.306 e. The first-order valence-electron chi connectivity index (χ1n) is 8.47. The summed E-state index contributed by atoms with van der Waals surface area (Å²) in [6.45, 7) is 2.22. The third kappa shape index (κ3) is 8.51. The van der Waals surface area contributed by atoms with Crippen LogP contribution in [0.3, 0.4) is 0 Å². The smallest absolute Gasteiger partial charge is 0.306 e. The molecule has 1 atom stereocenters. The number of rotatable bonds is 10. The van der Waals surface area contributed by atoms with Crippen molar-refractivity contribution in [2.45, 2.75) is 58.3 Å². The van der Waals surface area contributed by atoms with E-state index in [1.807, 2.05) is 0 Å². The van der Waals surface area contributed by atoms with Crippen molar-refractivity contribution in [2.24, 2.45) is 11.3 Å². The maximum absolute atomic E-state index is 11.7. The van der Waals surface area contributed by atoms with Gasteiger partial charge in [0.25, 0.3) is 0 Å². The van der Waals surface area contributed by atoms with Gasteiger partial charge in [-0.25, -0.2) is 0 Å². The van der Waals surface area contributed by atoms with E-state index in [4.69, 9.17) is 19.7 Å². The number of hydrogen-bond acceptors (Lipinski definition) is 6. The molecule has 8 heteroatoms. The number of carboxylic acids is 2. The second-order valence-corrected chi connectivity index (χ2v) is 6.81. The molecular formula is C17H26O8. The SMILES string of the molecule is C[C@@H]1CCCC(COC(=O)CCC(=O)O)(COC(=O)CCC(=O)O)C1. The van der Waals surface area contributed by atoms with E-state index in [2.05, 4.69) is 6.92 Å². The van der Waals surface area contributed by atoms with Crippen LogP contribution in [0.5, 0.6) is 0 Å². The molecule has 1 rings (SSSR count). The van der Waals surface area contributed by atoms with Crippen molar-refractivity contribution >= 4 is 23.9 Å². The van der Waals surface area contributed by atoms with Gasteiger partial charge in [-0.15, -0.1) is 0 Å². The van der Waals surface area contributed by atoms with Crippen LogP contribution in [0.2, 0.25) is 0 Å². The van der Waals surface area contributed by atoms with Gasteiger partial charge in [0.1, 0.15) is 13.2 Å². The Balaban J connectivity index is 2.55. The molecule has 0 unspecified atom stereocenters. The first-order chi connectivity index (χ1) is 11.7. The molecule has 1 aliphatic carbocycles. The highest BCUT2D eigenvalue weighted by Crippen LogP contribution is 2.40. The van der Waals surface area contributed by atoms with Crippen LogP contribution >= 0.6 is 0 Å². The zero-order valence-electron chi connectivity index (χ0n) is 14.5. The van der Waals surface area contributed by atoms with E-state index >= 15 is 0 Å². The molecular weight excluding hydrogens is 332 g/mol. The molecule has 0 saturated heterocycles. The van der Waals surface area contributed by atoms with E-state index in [0.717, 1.165) is 25.7 Å². The fourth-order valence-corrected chi connectivity index (χ4v) is 3.10. The molecule has 8 nitrogen and oxygen atoms in total. The van der Waals surface area contributed by atoms with Crippen LogP contribution in [-0.4, -0.2) is 47.3 Å². The van der Waals surface area contributed by atoms with Crippen LogP contribution in [0.25, 0.3) is 0 Å². The van der Waals surface area contributed by atoms with Gasteiger partial charge in [-0.1, -0.05) is 19.8 Å². The van der Waals surface area contributed by atoms with Crippen molar-refractivity contribution in [3.05, 3.63) is 0 Å². The van der Waals surface area contributed by atoms with Crippen LogP contribution in [0, 0.1) is 11.3 Å². The predicted molar refractivity (Wildman–Crippen MR) is 85.7 cm³/mol. The summed E-state index contributed by atoms with van der Waals surface area (Å²) < 4.78 is 10.5. The average Bonchev–Trinajstić information content (AvgIpc) is 2.54. The quantitative estimate of drug-likeness (QED) is 0.568. The zero-order chi connectivity index (χ0) is 18.9. The van der Waals surface area contributed by atoms with E-state index in [1.165, 1.54) is 0 Å². The molecule has 0 aromatic heterocycles. The Bertz CT molecular complexity index is 465. The zero-order valence-corrected chi connectivity index (χ0v) is 14.5. The van der Waals surface area contributed by atoms with Gasteiger partial charge in [-0.2, -0.15) is 0 Å². The van der Waals surface area contributed by atoms with Gasteiger partial charge >= 0.3 is 23.9 Å². The number of esters is 2. The summed E-state index contributed by atoms with van der Waals surface area (Å²) in [6, 6.07) is 0. The van der Waals surface area contributed by atoms with Gasteiger partial charge in [0.2, 0.25) is 0 Å². The Kier molecular flexibility index (Phi) is 8.37. The van der Waals surface area contributed by atoms with Crippen LogP contribution < -0.4 is 0 Å². The van der Waals surface area contributed by atoms with Gasteiger partial charge in [-0.3, -0.25) is 19.2 Å². The van der Waals surface area contributed by atoms with Gasteiger partial charge in [-0.05, 0) is 18.8 Å². The monoisotopic (exact) mass is 358 g/mol. The topological polar surface area (TPSA) is 127 Å². The molecule has 0 amide bonds. The molecule has 1 aliphatic rings. The molecule has 0 aliphatic heterocycles. The minimum absolute atomic E-state index is 0.0714. The first kappa shape index (κ1) is 20.9. The van der Waals surface area contributed by atoms with E-state index in [-0.39, 0.29) is 38.9 Å². The molecule has 1 saturated carbocycles. The third-order valence-electron chi connectivity index (χ3n) is 4.35. The average molecular weight is 358 g/mol. The van der Waals surface area contributed by atoms with Crippen molar-refractivity contribution in [3.63, 3.8) is 0 Å². The molecule has 0 radical (unpaired) electrons. The highest BCUT2D eigenvalue weighted by Gasteiger charge is 2.37. The summed E-state index contributed by atoms with van der Waals surface area (Å²) in [5.41, 5.74) is -0.491. The van der Waals surface area contributed by atoms with Crippen molar-refractivity contribution in [2.75, 3.05) is 13.2 Å². The summed E-state index contributed by atoms with van der Waals surface area (Å²) in [5, 5.41) is 17.2. The Labute approximate surface area is 146 Å². The lowest BCUT2D eigenvalue weighted by Gasteiger charge is -2.38. The lowest BCUT2D eigenvalue weighted by Crippen LogP contribution is -2.38. The highest BCUT2D eigenvalue weighted by atomic mass is 16.5. The number of carboxylic acid groups (broad SMARTS) is 2. The molecule has 1 fully saturated rings. The van der Waals surface area contributed by atoms with Crippen LogP contribution in [-0.2, 0) is 28.7 Å². The minimum atomic E-state index is -1.06. The maximum atomic E-state index is 11.7. The van der Waals surface area contributed by atoms with Gasteiger partial charge in [0.05, 0.1) is 25.7 Å². The van der Waals surface area contributed by atoms with Gasteiger partial charge in [0.15, 0.2) is 0 Å². The Morgan fingerprint density at radius 3 is 1.80 bits per heavy atom. The van der Waals surface area contributed by atoms with Crippen LogP contribution in [0.4, 0.5) is 0 Å². The van der Waals surface area contributed by atoms with Crippen LogP contribution in [0.1, 0.15) is 58.3 Å². The Morgan fingerprint density at radius 2 is 1.40 bits per heavy atom. The molecule has 2 N–H and O–H groups in total. The van der Waals surface area contributed by atoms with E-state index < -0.39 is 29.3 Å². The Morgan fingerprint density at radius 1 is 0.920 bits per heavy atom. The molecule has 142 valence electrons. The number of hydrogen-bond donors (Lipinski definition) is 2. The number of ether oxygens (including phenoxy) is 2. The van der Waals surface area contributed by atoms with Crippen molar-refractivity contribution in [1.29, 1.82) is 0 Å². The fourth-order valence-electron chi connectivity index (χ4n) is 3.10. The van der Waals surface area contributed by atoms with Crippen LogP contribution in [0.15, 0.2) is 0 Å². The minimum Gasteiger partial charge on any atom is -0.481 e. The first-order valence-corrected chi connectivity index (χ1v) is 8.47. The van der Waals surface area contributed by atoms with Crippen molar-refractivity contribution < 1.29 is 38.9 Å². The fraction of sp³-hybridized carbons (Fsp3) is 0.765. The molecule has 0 spiro atoms. The normalized spacial score (nSPS) is 19.0. The lowest BCUT2D eigenvalue weighted by atomic mass is 9.71. The molecule has 25 heavy (non-hydrogen) atoms. The standard InChI is InChI=1S/C17H26O8/c1-12-3-2-8-17(9-12,10-24-15(22)6-4-13(18)19)11-25-16(23)7-5-14(20)21/h12H,2-11H2,1H3,(H,18,19)(H,20,21)/t12-/m1/s1. The second-order valence-electron chi connectivity index (χ2n) is 6.81. The van der Waals surface area contributed by atoms with E-state index in [9.17, 15) is 19.2 Å². The molecule has 0 heterocycles. The largest absolute Gasteiger partial charge is 0.481 e. The number of carbonyl (C=O) groups excluding carboxylic acids is 2. The summed E-state index contributed by atoms with van der Waals surface area (Å²) in [7, 11) is 0. The molecule has 0 aromatic carbocycles. The molecule has 0 bridgehead atoms. The number of carbonyl (C=O) groups is 4. The van der Waals surface area contributed by atoms with Crippen molar-refractivity contribution in [3.8, 4) is 0 Å². The summed E-state index contributed by atoms with van der Waals surface area (Å²) >= 11 is 0. The van der Waals surface area contributed by atoms with Crippen molar-refractivity contribution in [1.82, 2.24) is 0 Å². The van der Waals surface area contributed by atoms with Gasteiger partial charge in [0, 0.05) is 5.41 Å². The summed E-state index contributed by atoms with van der Waals surface area (Å²) in [4.78, 5) is 44.3. The summed E-state index contributed by atoms with van der Waals surface area (Å²) in [6.07, 6.45) is 2.46. The van der Waals surface area contributed by atoms with E-state index in [1.54, 1.807) is 0 Å². The predicted octanol–water partition coefficient (Wildman–Crippen LogP) is 2.00. The van der Waals surface area contributed by atoms with Gasteiger partial charge < -0.3 is 19.7 Å².